The number of hydrogen-bond donors (Lipinski definition) is 0. The van der Waals surface area contributed by atoms with E-state index in [2.05, 4.69) is 0 Å². The van der Waals surface area contributed by atoms with Gasteiger partial charge in [-0.05, 0) is 18.3 Å². The van der Waals surface area contributed by atoms with E-state index in [0.29, 0.717) is 4.31 Å². The zero-order chi connectivity index (χ0) is 11.7. The Kier molecular flexibility index (Phi) is 1.71. The highest BCUT2D eigenvalue weighted by Crippen LogP contribution is 2.52. The highest BCUT2D eigenvalue weighted by molar-refractivity contribution is 7.89. The molecular weight excluding hydrogens is 230 g/mol. The van der Waals surface area contributed by atoms with Crippen LogP contribution in [0.3, 0.4) is 0 Å². The van der Waals surface area contributed by atoms with E-state index in [1.54, 1.807) is 0 Å². The molecular formula is C10H11NO4S. The number of sulfonamides is 1. The molecule has 6 heteroatoms. The SMILES string of the molecule is CS(=O)(=O)N1C(=O)[C@@H]2C3C=CC(C3)[C@@H]2C1=O. The van der Waals surface area contributed by atoms with Gasteiger partial charge in [0.2, 0.25) is 21.8 Å². The van der Waals surface area contributed by atoms with Crippen molar-refractivity contribution in [2.24, 2.45) is 23.7 Å². The molecule has 2 aliphatic carbocycles. The first kappa shape index (κ1) is 10.0. The fourth-order valence-corrected chi connectivity index (χ4v) is 4.10. The van der Waals surface area contributed by atoms with E-state index in [1.807, 2.05) is 12.2 Å². The summed E-state index contributed by atoms with van der Waals surface area (Å²) >= 11 is 0. The van der Waals surface area contributed by atoms with Crippen molar-refractivity contribution < 1.29 is 18.0 Å². The summed E-state index contributed by atoms with van der Waals surface area (Å²) in [6, 6.07) is 0. The van der Waals surface area contributed by atoms with Gasteiger partial charge in [0.1, 0.15) is 0 Å². The molecule has 1 heterocycles. The number of nitrogens with zero attached hydrogens (tertiary/aromatic N) is 1. The summed E-state index contributed by atoms with van der Waals surface area (Å²) in [5, 5.41) is 0. The number of rotatable bonds is 1. The Morgan fingerprint density at radius 3 is 1.94 bits per heavy atom. The second-order valence-electron chi connectivity index (χ2n) is 4.70. The second-order valence-corrected chi connectivity index (χ2v) is 6.53. The molecule has 3 rings (SSSR count). The standard InChI is InChI=1S/C10H11NO4S/c1-16(14,15)11-9(12)7-5-2-3-6(4-5)8(7)10(11)13/h2-3,5-8H,4H2,1H3/t5?,6?,7-,8+. The third kappa shape index (κ3) is 1.03. The summed E-state index contributed by atoms with van der Waals surface area (Å²) in [4.78, 5) is 23.9. The first-order chi connectivity index (χ1) is 7.41. The van der Waals surface area contributed by atoms with E-state index in [9.17, 15) is 18.0 Å². The van der Waals surface area contributed by atoms with Gasteiger partial charge in [0.25, 0.3) is 0 Å². The summed E-state index contributed by atoms with van der Waals surface area (Å²) in [6.45, 7) is 0. The first-order valence-electron chi connectivity index (χ1n) is 5.17. The number of amides is 2. The summed E-state index contributed by atoms with van der Waals surface area (Å²) < 4.78 is 23.2. The van der Waals surface area contributed by atoms with Crippen molar-refractivity contribution in [1.29, 1.82) is 0 Å². The van der Waals surface area contributed by atoms with Crippen molar-refractivity contribution in [2.75, 3.05) is 6.26 Å². The van der Waals surface area contributed by atoms with Crippen LogP contribution in [0.5, 0.6) is 0 Å². The van der Waals surface area contributed by atoms with Crippen molar-refractivity contribution >= 4 is 21.8 Å². The maximum atomic E-state index is 11.9. The van der Waals surface area contributed by atoms with Crippen LogP contribution in [0.1, 0.15) is 6.42 Å². The lowest BCUT2D eigenvalue weighted by molar-refractivity contribution is -0.134. The third-order valence-electron chi connectivity index (χ3n) is 3.76. The third-order valence-corrected chi connectivity index (χ3v) is 4.78. The lowest BCUT2D eigenvalue weighted by Gasteiger charge is -2.14. The molecule has 2 unspecified atom stereocenters. The maximum Gasteiger partial charge on any atom is 0.247 e. The monoisotopic (exact) mass is 241 g/mol. The molecule has 0 spiro atoms. The zero-order valence-corrected chi connectivity index (χ0v) is 9.48. The zero-order valence-electron chi connectivity index (χ0n) is 8.66. The average molecular weight is 241 g/mol. The molecule has 2 bridgehead atoms. The van der Waals surface area contributed by atoms with Crippen LogP contribution in [0.4, 0.5) is 0 Å². The summed E-state index contributed by atoms with van der Waals surface area (Å²) in [5.41, 5.74) is 0. The Morgan fingerprint density at radius 1 is 1.12 bits per heavy atom. The molecule has 5 nitrogen and oxygen atoms in total. The number of carbonyl (C=O) groups is 2. The van der Waals surface area contributed by atoms with Gasteiger partial charge in [0.15, 0.2) is 0 Å². The minimum atomic E-state index is -3.76. The number of fused-ring (bicyclic) bond motifs is 5. The van der Waals surface area contributed by atoms with Gasteiger partial charge in [-0.25, -0.2) is 8.42 Å². The van der Waals surface area contributed by atoms with E-state index < -0.39 is 33.7 Å². The van der Waals surface area contributed by atoms with Crippen molar-refractivity contribution in [1.82, 2.24) is 4.31 Å². The Labute approximate surface area is 93.2 Å². The molecule has 0 radical (unpaired) electrons. The number of carbonyl (C=O) groups excluding carboxylic acids is 2. The van der Waals surface area contributed by atoms with E-state index in [-0.39, 0.29) is 11.8 Å². The number of hydrogen-bond acceptors (Lipinski definition) is 4. The van der Waals surface area contributed by atoms with Gasteiger partial charge in [-0.15, -0.1) is 0 Å². The molecule has 86 valence electrons. The van der Waals surface area contributed by atoms with Crippen LogP contribution in [0.2, 0.25) is 0 Å². The Balaban J connectivity index is 2.08. The molecule has 2 amide bonds. The highest BCUT2D eigenvalue weighted by atomic mass is 32.2. The van der Waals surface area contributed by atoms with Gasteiger partial charge in [-0.2, -0.15) is 4.31 Å². The molecule has 4 atom stereocenters. The smallest absolute Gasteiger partial charge is 0.247 e. The first-order valence-corrected chi connectivity index (χ1v) is 7.02. The van der Waals surface area contributed by atoms with Gasteiger partial charge < -0.3 is 0 Å². The van der Waals surface area contributed by atoms with E-state index >= 15 is 0 Å². The maximum absolute atomic E-state index is 11.9. The lowest BCUT2D eigenvalue weighted by Crippen LogP contribution is -2.37. The Morgan fingerprint density at radius 2 is 1.56 bits per heavy atom. The van der Waals surface area contributed by atoms with Gasteiger partial charge in [-0.3, -0.25) is 9.59 Å². The predicted molar refractivity (Wildman–Crippen MR) is 54.4 cm³/mol. The quantitative estimate of drug-likeness (QED) is 0.469. The number of allylic oxidation sites excluding steroid dienone is 2. The van der Waals surface area contributed by atoms with Gasteiger partial charge in [0.05, 0.1) is 18.1 Å². The fourth-order valence-electron chi connectivity index (χ4n) is 3.20. The molecule has 1 saturated carbocycles. The largest absolute Gasteiger partial charge is 0.273 e. The van der Waals surface area contributed by atoms with Crippen LogP contribution in [-0.2, 0) is 19.6 Å². The molecule has 3 aliphatic rings. The van der Waals surface area contributed by atoms with Gasteiger partial charge in [0, 0.05) is 0 Å². The molecule has 0 aromatic heterocycles. The molecule has 2 fully saturated rings. The molecule has 1 saturated heterocycles. The summed E-state index contributed by atoms with van der Waals surface area (Å²) in [6.07, 6.45) is 5.58. The average Bonchev–Trinajstić information content (AvgIpc) is 2.77. The van der Waals surface area contributed by atoms with Crippen LogP contribution in [0.25, 0.3) is 0 Å². The van der Waals surface area contributed by atoms with E-state index in [0.717, 1.165) is 12.7 Å². The minimum absolute atomic E-state index is 0.0539. The van der Waals surface area contributed by atoms with Crippen molar-refractivity contribution in [2.45, 2.75) is 6.42 Å². The lowest BCUT2D eigenvalue weighted by atomic mass is 9.85. The van der Waals surface area contributed by atoms with Gasteiger partial charge in [-0.1, -0.05) is 12.2 Å². The van der Waals surface area contributed by atoms with Crippen LogP contribution in [0.15, 0.2) is 12.2 Å². The minimum Gasteiger partial charge on any atom is -0.273 e. The normalized spacial score (nSPS) is 40.9. The predicted octanol–water partition coefficient (Wildman–Crippen LogP) is -0.247. The highest BCUT2D eigenvalue weighted by Gasteiger charge is 2.61. The molecule has 0 N–H and O–H groups in total. The molecule has 16 heavy (non-hydrogen) atoms. The molecule has 0 aromatic rings. The van der Waals surface area contributed by atoms with E-state index in [4.69, 9.17) is 0 Å². The van der Waals surface area contributed by atoms with E-state index in [1.165, 1.54) is 0 Å². The summed E-state index contributed by atoms with van der Waals surface area (Å²) in [5.74, 6) is -1.82. The van der Waals surface area contributed by atoms with Crippen LogP contribution >= 0.6 is 0 Å². The van der Waals surface area contributed by atoms with Crippen molar-refractivity contribution in [3.63, 3.8) is 0 Å². The van der Waals surface area contributed by atoms with Crippen LogP contribution in [-0.4, -0.2) is 30.8 Å². The van der Waals surface area contributed by atoms with Crippen LogP contribution in [0, 0.1) is 23.7 Å². The topological polar surface area (TPSA) is 71.5 Å². The van der Waals surface area contributed by atoms with Crippen LogP contribution < -0.4 is 0 Å². The van der Waals surface area contributed by atoms with Crippen molar-refractivity contribution in [3.8, 4) is 0 Å². The summed E-state index contributed by atoms with van der Waals surface area (Å²) in [7, 11) is -3.76. The fraction of sp³-hybridized carbons (Fsp3) is 0.600. The molecule has 1 aliphatic heterocycles. The Hall–Kier alpha value is -1.17. The molecule has 0 aromatic carbocycles. The second kappa shape index (κ2) is 2.74. The van der Waals surface area contributed by atoms with Crippen molar-refractivity contribution in [3.05, 3.63) is 12.2 Å². The number of imide groups is 1. The Bertz CT molecular complexity index is 491. The van der Waals surface area contributed by atoms with Gasteiger partial charge >= 0.3 is 0 Å².